The first-order valence-electron chi connectivity index (χ1n) is 8.90. The second-order valence-corrected chi connectivity index (χ2v) is 7.12. The van der Waals surface area contributed by atoms with Crippen molar-refractivity contribution in [3.63, 3.8) is 0 Å². The normalized spacial score (nSPS) is 11.3. The molecule has 0 bridgehead atoms. The van der Waals surface area contributed by atoms with E-state index < -0.39 is 0 Å². The number of thiazole rings is 1. The van der Waals surface area contributed by atoms with Crippen LogP contribution in [-0.2, 0) is 13.0 Å². The first-order chi connectivity index (χ1) is 12.6. The van der Waals surface area contributed by atoms with Crippen molar-refractivity contribution in [1.29, 1.82) is 0 Å². The Labute approximate surface area is 160 Å². The van der Waals surface area contributed by atoms with Gasteiger partial charge in [-0.1, -0.05) is 30.9 Å². The van der Waals surface area contributed by atoms with Crippen LogP contribution < -0.4 is 15.4 Å². The first kappa shape index (κ1) is 20.0. The summed E-state index contributed by atoms with van der Waals surface area (Å²) in [5.74, 6) is 1.65. The minimum atomic E-state index is 0.492. The molecule has 5 nitrogen and oxygen atoms in total. The van der Waals surface area contributed by atoms with Crippen molar-refractivity contribution < 1.29 is 4.74 Å². The molecule has 2 rings (SSSR count). The van der Waals surface area contributed by atoms with Crippen molar-refractivity contribution >= 4 is 17.3 Å². The molecule has 0 saturated heterocycles. The van der Waals surface area contributed by atoms with E-state index in [1.165, 1.54) is 4.88 Å². The topological polar surface area (TPSA) is 58.5 Å². The minimum absolute atomic E-state index is 0.492. The fraction of sp³-hybridized carbons (Fsp3) is 0.400. The number of ether oxygens (including phenoxy) is 1. The standard InChI is InChI=1S/C20H28N4OS/c1-5-13-25-18-10-8-7-9-17(18)14-23-20(21-6-2)22-12-11-19-24-15(3)16(4)26-19/h5,7-10H,1,6,11-14H2,2-4H3,(H2,21,22,23). The Morgan fingerprint density at radius 2 is 2.12 bits per heavy atom. The lowest BCUT2D eigenvalue weighted by molar-refractivity contribution is 0.359. The van der Waals surface area contributed by atoms with E-state index in [1.54, 1.807) is 17.4 Å². The highest BCUT2D eigenvalue weighted by Gasteiger charge is 2.05. The molecule has 0 aliphatic heterocycles. The van der Waals surface area contributed by atoms with Gasteiger partial charge in [-0.3, -0.25) is 0 Å². The van der Waals surface area contributed by atoms with Crippen LogP contribution in [0.4, 0.5) is 0 Å². The van der Waals surface area contributed by atoms with E-state index in [0.717, 1.165) is 47.5 Å². The minimum Gasteiger partial charge on any atom is -0.489 e. The van der Waals surface area contributed by atoms with Gasteiger partial charge in [0, 0.05) is 30.0 Å². The van der Waals surface area contributed by atoms with Gasteiger partial charge in [0.25, 0.3) is 0 Å². The number of rotatable bonds is 9. The Kier molecular flexibility index (Phi) is 8.15. The summed E-state index contributed by atoms with van der Waals surface area (Å²) in [4.78, 5) is 10.5. The summed E-state index contributed by atoms with van der Waals surface area (Å²) < 4.78 is 5.70. The van der Waals surface area contributed by atoms with Crippen LogP contribution in [0, 0.1) is 13.8 Å². The van der Waals surface area contributed by atoms with E-state index >= 15 is 0 Å². The number of benzene rings is 1. The van der Waals surface area contributed by atoms with Crippen LogP contribution >= 0.6 is 11.3 Å². The Morgan fingerprint density at radius 3 is 2.81 bits per heavy atom. The van der Waals surface area contributed by atoms with Gasteiger partial charge in [-0.05, 0) is 26.8 Å². The zero-order valence-electron chi connectivity index (χ0n) is 15.8. The predicted molar refractivity (Wildman–Crippen MR) is 110 cm³/mol. The van der Waals surface area contributed by atoms with Crippen LogP contribution in [0.25, 0.3) is 0 Å². The molecule has 0 radical (unpaired) electrons. The number of hydrogen-bond acceptors (Lipinski definition) is 4. The molecule has 26 heavy (non-hydrogen) atoms. The highest BCUT2D eigenvalue weighted by Crippen LogP contribution is 2.19. The number of hydrogen-bond donors (Lipinski definition) is 2. The first-order valence-corrected chi connectivity index (χ1v) is 9.72. The van der Waals surface area contributed by atoms with E-state index in [2.05, 4.69) is 48.0 Å². The summed E-state index contributed by atoms with van der Waals surface area (Å²) in [6, 6.07) is 7.96. The largest absolute Gasteiger partial charge is 0.489 e. The summed E-state index contributed by atoms with van der Waals surface area (Å²) in [6.45, 7) is 12.6. The Bertz CT molecular complexity index is 720. The van der Waals surface area contributed by atoms with Crippen molar-refractivity contribution in [2.24, 2.45) is 4.99 Å². The van der Waals surface area contributed by atoms with Crippen LogP contribution in [-0.4, -0.2) is 30.6 Å². The molecule has 0 unspecified atom stereocenters. The highest BCUT2D eigenvalue weighted by atomic mass is 32.1. The molecule has 0 fully saturated rings. The van der Waals surface area contributed by atoms with Gasteiger partial charge in [0.1, 0.15) is 12.4 Å². The number of aromatic nitrogens is 1. The van der Waals surface area contributed by atoms with Crippen LogP contribution in [0.2, 0.25) is 0 Å². The van der Waals surface area contributed by atoms with Crippen molar-refractivity contribution in [3.8, 4) is 5.75 Å². The van der Waals surface area contributed by atoms with Crippen molar-refractivity contribution in [3.05, 3.63) is 58.1 Å². The van der Waals surface area contributed by atoms with Gasteiger partial charge in [-0.15, -0.1) is 11.3 Å². The molecular formula is C20H28N4OS. The van der Waals surface area contributed by atoms with Gasteiger partial charge in [0.15, 0.2) is 5.96 Å². The molecule has 2 N–H and O–H groups in total. The molecule has 2 aromatic rings. The molecule has 0 amide bonds. The second-order valence-electron chi connectivity index (χ2n) is 5.83. The molecule has 0 atom stereocenters. The van der Waals surface area contributed by atoms with Crippen molar-refractivity contribution in [2.75, 3.05) is 19.7 Å². The maximum Gasteiger partial charge on any atom is 0.191 e. The average molecular weight is 373 g/mol. The molecule has 140 valence electrons. The van der Waals surface area contributed by atoms with Crippen molar-refractivity contribution in [1.82, 2.24) is 15.6 Å². The van der Waals surface area contributed by atoms with Gasteiger partial charge in [0.05, 0.1) is 17.2 Å². The fourth-order valence-corrected chi connectivity index (χ4v) is 3.30. The van der Waals surface area contributed by atoms with E-state index in [-0.39, 0.29) is 0 Å². The number of nitrogens with one attached hydrogen (secondary N) is 2. The lowest BCUT2D eigenvalue weighted by Gasteiger charge is -2.12. The number of aliphatic imine (C=N–C) groups is 1. The Balaban J connectivity index is 1.94. The van der Waals surface area contributed by atoms with Crippen molar-refractivity contribution in [2.45, 2.75) is 33.7 Å². The summed E-state index contributed by atoms with van der Waals surface area (Å²) in [5, 5.41) is 7.82. The smallest absolute Gasteiger partial charge is 0.191 e. The average Bonchev–Trinajstić information content (AvgIpc) is 2.96. The quantitative estimate of drug-likeness (QED) is 0.401. The SMILES string of the molecule is C=CCOc1ccccc1CN=C(NCC)NCCc1nc(C)c(C)s1. The number of nitrogens with zero attached hydrogens (tertiary/aromatic N) is 2. The molecule has 0 spiro atoms. The molecule has 0 aliphatic carbocycles. The zero-order chi connectivity index (χ0) is 18.8. The Hall–Kier alpha value is -2.34. The van der Waals surface area contributed by atoms with Gasteiger partial charge >= 0.3 is 0 Å². The van der Waals surface area contributed by atoms with Gasteiger partial charge in [-0.25, -0.2) is 9.98 Å². The number of guanidine groups is 1. The van der Waals surface area contributed by atoms with Crippen LogP contribution in [0.3, 0.4) is 0 Å². The molecule has 1 aromatic heterocycles. The van der Waals surface area contributed by atoms with Gasteiger partial charge in [-0.2, -0.15) is 0 Å². The molecule has 1 aromatic carbocycles. The third-order valence-corrected chi connectivity index (χ3v) is 4.92. The second kappa shape index (κ2) is 10.6. The molecule has 0 saturated carbocycles. The summed E-state index contributed by atoms with van der Waals surface area (Å²) >= 11 is 1.76. The van der Waals surface area contributed by atoms with E-state index in [0.29, 0.717) is 13.2 Å². The van der Waals surface area contributed by atoms with E-state index in [9.17, 15) is 0 Å². The lowest BCUT2D eigenvalue weighted by Crippen LogP contribution is -2.38. The Morgan fingerprint density at radius 1 is 1.31 bits per heavy atom. The zero-order valence-corrected chi connectivity index (χ0v) is 16.7. The summed E-state index contributed by atoms with van der Waals surface area (Å²) in [6.07, 6.45) is 2.64. The third-order valence-electron chi connectivity index (χ3n) is 3.79. The fourth-order valence-electron chi connectivity index (χ4n) is 2.36. The van der Waals surface area contributed by atoms with Crippen LogP contribution in [0.15, 0.2) is 41.9 Å². The lowest BCUT2D eigenvalue weighted by atomic mass is 10.2. The van der Waals surface area contributed by atoms with Crippen LogP contribution in [0.1, 0.15) is 28.1 Å². The number of para-hydroxylation sites is 1. The maximum atomic E-state index is 5.70. The van der Waals surface area contributed by atoms with E-state index in [1.807, 2.05) is 24.3 Å². The molecular weight excluding hydrogens is 344 g/mol. The summed E-state index contributed by atoms with van der Waals surface area (Å²) in [5.41, 5.74) is 2.18. The predicted octanol–water partition coefficient (Wildman–Crippen LogP) is 3.62. The number of aryl methyl sites for hydroxylation is 2. The van der Waals surface area contributed by atoms with Crippen LogP contribution in [0.5, 0.6) is 5.75 Å². The summed E-state index contributed by atoms with van der Waals surface area (Å²) in [7, 11) is 0. The molecule has 1 heterocycles. The molecule has 6 heteroatoms. The third kappa shape index (κ3) is 6.19. The monoisotopic (exact) mass is 372 g/mol. The van der Waals surface area contributed by atoms with Gasteiger partial charge < -0.3 is 15.4 Å². The maximum absolute atomic E-state index is 5.70. The molecule has 0 aliphatic rings. The van der Waals surface area contributed by atoms with E-state index in [4.69, 9.17) is 4.74 Å². The highest BCUT2D eigenvalue weighted by molar-refractivity contribution is 7.11. The van der Waals surface area contributed by atoms with Gasteiger partial charge in [0.2, 0.25) is 0 Å².